The monoisotopic (exact) mass is 387 g/mol. The highest BCUT2D eigenvalue weighted by molar-refractivity contribution is 7.91. The number of benzene rings is 1. The summed E-state index contributed by atoms with van der Waals surface area (Å²) in [6.45, 7) is 2.03. The topological polar surface area (TPSA) is 92.5 Å². The maximum atomic E-state index is 13.9. The van der Waals surface area contributed by atoms with Gasteiger partial charge < -0.3 is 16.0 Å². The Morgan fingerprint density at radius 1 is 1.30 bits per heavy atom. The summed E-state index contributed by atoms with van der Waals surface area (Å²) in [5.41, 5.74) is 6.18. The lowest BCUT2D eigenvalue weighted by Crippen LogP contribution is -2.40. The first-order valence-corrected chi connectivity index (χ1v) is 8.42. The lowest BCUT2D eigenvalue weighted by molar-refractivity contribution is -0.117. The first kappa shape index (κ1) is 21.9. The average Bonchev–Trinajstić information content (AvgIpc) is 2.41. The maximum Gasteiger partial charge on any atom is 0.240 e. The minimum Gasteiger partial charge on any atom is -0.367 e. The molecule has 0 saturated carbocycles. The third-order valence-corrected chi connectivity index (χ3v) is 4.92. The molecule has 1 aliphatic heterocycles. The van der Waals surface area contributed by atoms with E-state index in [1.807, 2.05) is 0 Å². The summed E-state index contributed by atoms with van der Waals surface area (Å²) in [6, 6.07) is 3.52. The number of nitrogens with two attached hydrogens (primary N) is 1. The Balaban J connectivity index is 0.00000242. The highest BCUT2D eigenvalue weighted by Crippen LogP contribution is 2.25. The molecule has 0 unspecified atom stereocenters. The number of nitrogens with zero attached hydrogens (tertiary/aromatic N) is 1. The molecule has 1 fully saturated rings. The molecular weight excluding hydrogens is 368 g/mol. The quantitative estimate of drug-likeness (QED) is 0.812. The van der Waals surface area contributed by atoms with Gasteiger partial charge in [-0.3, -0.25) is 4.79 Å². The molecule has 0 radical (unpaired) electrons. The molecule has 0 spiro atoms. The summed E-state index contributed by atoms with van der Waals surface area (Å²) in [6.07, 6.45) is 0. The van der Waals surface area contributed by atoms with Crippen LogP contribution < -0.4 is 16.0 Å². The summed E-state index contributed by atoms with van der Waals surface area (Å²) in [5.74, 6) is -0.812. The molecule has 1 heterocycles. The highest BCUT2D eigenvalue weighted by atomic mass is 35.5. The van der Waals surface area contributed by atoms with E-state index in [-0.39, 0.29) is 61.0 Å². The third kappa shape index (κ3) is 5.80. The van der Waals surface area contributed by atoms with Gasteiger partial charge in [0.25, 0.3) is 0 Å². The molecule has 23 heavy (non-hydrogen) atoms. The van der Waals surface area contributed by atoms with Gasteiger partial charge in [-0.25, -0.2) is 12.8 Å². The molecule has 1 aliphatic rings. The Morgan fingerprint density at radius 3 is 2.39 bits per heavy atom. The van der Waals surface area contributed by atoms with E-state index in [1.165, 1.54) is 18.2 Å². The number of amides is 1. The highest BCUT2D eigenvalue weighted by Gasteiger charge is 2.23. The number of carbonyl (C=O) groups is 1. The van der Waals surface area contributed by atoms with Crippen molar-refractivity contribution in [3.8, 4) is 0 Å². The fourth-order valence-corrected chi connectivity index (χ4v) is 3.24. The number of anilines is 2. The van der Waals surface area contributed by atoms with Crippen molar-refractivity contribution in [2.75, 3.05) is 34.8 Å². The molecule has 1 saturated heterocycles. The molecule has 0 bridgehead atoms. The molecule has 1 amide bonds. The summed E-state index contributed by atoms with van der Waals surface area (Å²) in [7, 11) is -3.03. The molecule has 2 rings (SSSR count). The van der Waals surface area contributed by atoms with Crippen LogP contribution in [0.2, 0.25) is 0 Å². The van der Waals surface area contributed by atoms with E-state index in [1.54, 1.807) is 11.8 Å². The average molecular weight is 388 g/mol. The van der Waals surface area contributed by atoms with Gasteiger partial charge in [0.1, 0.15) is 5.82 Å². The van der Waals surface area contributed by atoms with Crippen LogP contribution in [0.15, 0.2) is 18.2 Å². The molecule has 1 aromatic carbocycles. The van der Waals surface area contributed by atoms with Crippen molar-refractivity contribution in [2.24, 2.45) is 5.73 Å². The van der Waals surface area contributed by atoms with Crippen LogP contribution in [0.25, 0.3) is 0 Å². The summed E-state index contributed by atoms with van der Waals surface area (Å²) < 4.78 is 36.7. The molecule has 3 N–H and O–H groups in total. The zero-order valence-corrected chi connectivity index (χ0v) is 14.9. The molecule has 132 valence electrons. The Morgan fingerprint density at radius 2 is 1.87 bits per heavy atom. The van der Waals surface area contributed by atoms with Crippen LogP contribution in [-0.4, -0.2) is 45.0 Å². The van der Waals surface area contributed by atoms with Gasteiger partial charge in [-0.05, 0) is 25.1 Å². The Labute approximate surface area is 147 Å². The van der Waals surface area contributed by atoms with Crippen LogP contribution in [0.3, 0.4) is 0 Å². The van der Waals surface area contributed by atoms with Crippen molar-refractivity contribution in [2.45, 2.75) is 13.0 Å². The number of sulfone groups is 1. The third-order valence-electron chi connectivity index (χ3n) is 3.31. The number of halogens is 3. The Bertz CT molecular complexity index is 642. The van der Waals surface area contributed by atoms with Crippen LogP contribution in [0, 0.1) is 5.82 Å². The molecule has 10 heteroatoms. The van der Waals surface area contributed by atoms with E-state index in [0.29, 0.717) is 5.69 Å². The number of hydrogen-bond donors (Lipinski definition) is 2. The van der Waals surface area contributed by atoms with E-state index in [2.05, 4.69) is 5.32 Å². The van der Waals surface area contributed by atoms with E-state index >= 15 is 0 Å². The van der Waals surface area contributed by atoms with E-state index in [0.717, 1.165) is 0 Å². The van der Waals surface area contributed by atoms with Crippen molar-refractivity contribution < 1.29 is 17.6 Å². The van der Waals surface area contributed by atoms with Gasteiger partial charge in [0.2, 0.25) is 5.91 Å². The zero-order chi connectivity index (χ0) is 15.6. The number of hydrogen-bond acceptors (Lipinski definition) is 5. The molecular formula is C13H20Cl2FN3O3S. The van der Waals surface area contributed by atoms with Gasteiger partial charge >= 0.3 is 0 Å². The molecule has 0 aliphatic carbocycles. The summed E-state index contributed by atoms with van der Waals surface area (Å²) in [5, 5.41) is 2.59. The lowest BCUT2D eigenvalue weighted by atomic mass is 10.2. The van der Waals surface area contributed by atoms with Crippen molar-refractivity contribution in [1.29, 1.82) is 0 Å². The van der Waals surface area contributed by atoms with Gasteiger partial charge in [0.05, 0.1) is 23.2 Å². The minimum absolute atomic E-state index is 0. The van der Waals surface area contributed by atoms with Gasteiger partial charge in [0, 0.05) is 18.8 Å². The van der Waals surface area contributed by atoms with E-state index in [4.69, 9.17) is 5.73 Å². The first-order valence-electron chi connectivity index (χ1n) is 6.60. The second-order valence-electron chi connectivity index (χ2n) is 5.08. The number of carbonyl (C=O) groups excluding carboxylic acids is 1. The minimum atomic E-state index is -3.03. The van der Waals surface area contributed by atoms with Crippen LogP contribution in [0.4, 0.5) is 15.8 Å². The maximum absolute atomic E-state index is 13.9. The smallest absolute Gasteiger partial charge is 0.240 e. The molecule has 1 aromatic rings. The predicted octanol–water partition coefficient (Wildman–Crippen LogP) is 1.19. The van der Waals surface area contributed by atoms with Crippen LogP contribution in [-0.2, 0) is 14.6 Å². The van der Waals surface area contributed by atoms with Gasteiger partial charge in [-0.2, -0.15) is 0 Å². The lowest BCUT2D eigenvalue weighted by Gasteiger charge is -2.29. The zero-order valence-electron chi connectivity index (χ0n) is 12.5. The summed E-state index contributed by atoms with van der Waals surface area (Å²) >= 11 is 0. The Hall–Kier alpha value is -1.09. The first-order chi connectivity index (χ1) is 9.78. The SMILES string of the molecule is C[C@@H](N)C(=O)Nc1ccc(F)c(N2CCS(=O)(=O)CC2)c1.Cl.Cl. The molecule has 0 aromatic heterocycles. The van der Waals surface area contributed by atoms with E-state index in [9.17, 15) is 17.6 Å². The van der Waals surface area contributed by atoms with Gasteiger partial charge in [-0.15, -0.1) is 24.8 Å². The fraction of sp³-hybridized carbons (Fsp3) is 0.462. The predicted molar refractivity (Wildman–Crippen MR) is 94.0 cm³/mol. The van der Waals surface area contributed by atoms with Crippen LogP contribution >= 0.6 is 24.8 Å². The molecule has 6 nitrogen and oxygen atoms in total. The second kappa shape index (κ2) is 8.68. The van der Waals surface area contributed by atoms with Crippen molar-refractivity contribution in [3.05, 3.63) is 24.0 Å². The van der Waals surface area contributed by atoms with Crippen molar-refractivity contribution in [3.63, 3.8) is 0 Å². The number of rotatable bonds is 3. The number of nitrogens with one attached hydrogen (secondary N) is 1. The van der Waals surface area contributed by atoms with Gasteiger partial charge in [0.15, 0.2) is 9.84 Å². The Kier molecular flexibility index (Phi) is 8.26. The van der Waals surface area contributed by atoms with Crippen LogP contribution in [0.5, 0.6) is 0 Å². The molecule has 1 atom stereocenters. The second-order valence-corrected chi connectivity index (χ2v) is 7.39. The van der Waals surface area contributed by atoms with Crippen molar-refractivity contribution >= 4 is 51.9 Å². The van der Waals surface area contributed by atoms with E-state index < -0.39 is 21.7 Å². The standard InChI is InChI=1S/C13H18FN3O3S.2ClH/c1-9(15)13(18)16-10-2-3-11(14)12(8-10)17-4-6-21(19,20)7-5-17;;/h2-3,8-9H,4-7,15H2,1H3,(H,16,18);2*1H/t9-;;/m1../s1. The largest absolute Gasteiger partial charge is 0.367 e. The fourth-order valence-electron chi connectivity index (χ4n) is 2.04. The van der Waals surface area contributed by atoms with Crippen LogP contribution in [0.1, 0.15) is 6.92 Å². The normalized spacial score (nSPS) is 17.4. The summed E-state index contributed by atoms with van der Waals surface area (Å²) in [4.78, 5) is 13.2. The van der Waals surface area contributed by atoms with Crippen molar-refractivity contribution in [1.82, 2.24) is 0 Å². The van der Waals surface area contributed by atoms with Gasteiger partial charge in [-0.1, -0.05) is 0 Å².